The fourth-order valence-electron chi connectivity index (χ4n) is 3.30. The number of furan rings is 1. The molecule has 1 saturated heterocycles. The third-order valence-corrected chi connectivity index (χ3v) is 5.79. The van der Waals surface area contributed by atoms with Crippen LogP contribution in [-0.2, 0) is 4.79 Å². The predicted octanol–water partition coefficient (Wildman–Crippen LogP) is 2.53. The molecule has 7 nitrogen and oxygen atoms in total. The number of carbonyl (C=O) groups excluding carboxylic acids is 2. The van der Waals surface area contributed by atoms with Crippen molar-refractivity contribution >= 4 is 33.4 Å². The van der Waals surface area contributed by atoms with Crippen LogP contribution in [0.1, 0.15) is 34.3 Å². The van der Waals surface area contributed by atoms with Crippen LogP contribution in [-0.4, -0.2) is 41.3 Å². The monoisotopic (exact) mass is 384 g/mol. The van der Waals surface area contributed by atoms with Gasteiger partial charge < -0.3 is 4.42 Å². The molecule has 27 heavy (non-hydrogen) atoms. The predicted molar refractivity (Wildman–Crippen MR) is 102 cm³/mol. The number of piperidine rings is 1. The second kappa shape index (κ2) is 7.89. The average molecular weight is 384 g/mol. The highest BCUT2D eigenvalue weighted by Gasteiger charge is 2.25. The Morgan fingerprint density at radius 1 is 1.22 bits per heavy atom. The normalized spacial score (nSPS) is 17.7. The van der Waals surface area contributed by atoms with Crippen molar-refractivity contribution in [1.82, 2.24) is 20.7 Å². The highest BCUT2D eigenvalue weighted by atomic mass is 32.1. The third-order valence-electron chi connectivity index (χ3n) is 4.59. The molecular weight excluding hydrogens is 364 g/mol. The van der Waals surface area contributed by atoms with Crippen LogP contribution in [0.4, 0.5) is 0 Å². The molecule has 2 N–H and O–H groups in total. The zero-order valence-electron chi connectivity index (χ0n) is 14.7. The van der Waals surface area contributed by atoms with E-state index in [1.807, 2.05) is 18.2 Å². The minimum atomic E-state index is -0.473. The SMILES string of the molecule is O=C(CN1CCC[C@@H](c2nc3ccccc3s2)C1)NNC(=O)c1ccco1. The van der Waals surface area contributed by atoms with Crippen molar-refractivity contribution in [3.8, 4) is 0 Å². The van der Waals surface area contributed by atoms with Crippen molar-refractivity contribution in [2.24, 2.45) is 0 Å². The Bertz CT molecular complexity index is 904. The first-order chi connectivity index (χ1) is 13.2. The number of para-hydroxylation sites is 1. The molecule has 0 saturated carbocycles. The Balaban J connectivity index is 1.31. The molecule has 0 aliphatic carbocycles. The fourth-order valence-corrected chi connectivity index (χ4v) is 4.40. The van der Waals surface area contributed by atoms with Gasteiger partial charge in [-0.1, -0.05) is 12.1 Å². The Morgan fingerprint density at radius 3 is 2.93 bits per heavy atom. The van der Waals surface area contributed by atoms with Crippen LogP contribution < -0.4 is 10.9 Å². The number of hydrogen-bond acceptors (Lipinski definition) is 6. The number of aromatic nitrogens is 1. The van der Waals surface area contributed by atoms with Gasteiger partial charge in [-0.05, 0) is 43.7 Å². The summed E-state index contributed by atoms with van der Waals surface area (Å²) in [7, 11) is 0. The molecule has 0 unspecified atom stereocenters. The first-order valence-corrected chi connectivity index (χ1v) is 9.71. The summed E-state index contributed by atoms with van der Waals surface area (Å²) in [6.07, 6.45) is 3.51. The van der Waals surface area contributed by atoms with Gasteiger partial charge in [0.25, 0.3) is 5.91 Å². The molecule has 4 rings (SSSR count). The number of nitrogens with one attached hydrogen (secondary N) is 2. The second-order valence-corrected chi connectivity index (χ2v) is 7.64. The number of carbonyl (C=O) groups is 2. The lowest BCUT2D eigenvalue weighted by Crippen LogP contribution is -2.48. The first kappa shape index (κ1) is 17.7. The minimum Gasteiger partial charge on any atom is -0.459 e. The smallest absolute Gasteiger partial charge is 0.305 e. The molecule has 2 aromatic heterocycles. The van der Waals surface area contributed by atoms with Crippen molar-refractivity contribution in [3.05, 3.63) is 53.4 Å². The van der Waals surface area contributed by atoms with Gasteiger partial charge in [-0.2, -0.15) is 0 Å². The zero-order valence-corrected chi connectivity index (χ0v) is 15.5. The van der Waals surface area contributed by atoms with Gasteiger partial charge in [0.15, 0.2) is 5.76 Å². The van der Waals surface area contributed by atoms with Gasteiger partial charge >= 0.3 is 5.91 Å². The molecule has 3 heterocycles. The van der Waals surface area contributed by atoms with Gasteiger partial charge in [-0.3, -0.25) is 25.3 Å². The lowest BCUT2D eigenvalue weighted by molar-refractivity contribution is -0.123. The number of benzene rings is 1. The summed E-state index contributed by atoms with van der Waals surface area (Å²) < 4.78 is 6.18. The van der Waals surface area contributed by atoms with Gasteiger partial charge in [0.1, 0.15) is 0 Å². The molecule has 140 valence electrons. The van der Waals surface area contributed by atoms with Crippen LogP contribution in [0.5, 0.6) is 0 Å². The molecule has 1 aromatic carbocycles. The van der Waals surface area contributed by atoms with Crippen LogP contribution in [0.15, 0.2) is 47.1 Å². The summed E-state index contributed by atoms with van der Waals surface area (Å²) in [4.78, 5) is 30.8. The van der Waals surface area contributed by atoms with E-state index in [1.165, 1.54) is 17.0 Å². The molecule has 0 radical (unpaired) electrons. The molecule has 1 aliphatic heterocycles. The number of hydrogen-bond donors (Lipinski definition) is 2. The maximum atomic E-state index is 12.2. The molecule has 1 fully saturated rings. The van der Waals surface area contributed by atoms with E-state index in [0.29, 0.717) is 5.92 Å². The molecule has 1 atom stereocenters. The van der Waals surface area contributed by atoms with Crippen LogP contribution in [0.2, 0.25) is 0 Å². The lowest BCUT2D eigenvalue weighted by Gasteiger charge is -2.31. The minimum absolute atomic E-state index is 0.157. The van der Waals surface area contributed by atoms with Crippen LogP contribution >= 0.6 is 11.3 Å². The van der Waals surface area contributed by atoms with Gasteiger partial charge in [0.05, 0.1) is 28.0 Å². The Hall–Kier alpha value is -2.71. The molecule has 0 spiro atoms. The van der Waals surface area contributed by atoms with Crippen LogP contribution in [0, 0.1) is 0 Å². The third kappa shape index (κ3) is 4.17. The highest BCUT2D eigenvalue weighted by Crippen LogP contribution is 2.32. The molecular formula is C19H20N4O3S. The van der Waals surface area contributed by atoms with E-state index in [1.54, 1.807) is 17.4 Å². The topological polar surface area (TPSA) is 87.5 Å². The Kier molecular flexibility index (Phi) is 5.17. The number of likely N-dealkylation sites (tertiary alicyclic amines) is 1. The molecule has 3 aromatic rings. The fraction of sp³-hybridized carbons (Fsp3) is 0.316. The molecule has 0 bridgehead atoms. The summed E-state index contributed by atoms with van der Waals surface area (Å²) in [5, 5.41) is 1.13. The maximum Gasteiger partial charge on any atom is 0.305 e. The number of nitrogens with zero attached hydrogens (tertiary/aromatic N) is 2. The number of amides is 2. The summed E-state index contributed by atoms with van der Waals surface area (Å²) >= 11 is 1.73. The van der Waals surface area contributed by atoms with Gasteiger partial charge in [-0.25, -0.2) is 4.98 Å². The zero-order chi connectivity index (χ0) is 18.6. The molecule has 8 heteroatoms. The molecule has 2 amide bonds. The summed E-state index contributed by atoms with van der Waals surface area (Å²) in [6.45, 7) is 1.89. The van der Waals surface area contributed by atoms with Crippen molar-refractivity contribution in [2.75, 3.05) is 19.6 Å². The van der Waals surface area contributed by atoms with Crippen LogP contribution in [0.25, 0.3) is 10.2 Å². The second-order valence-electron chi connectivity index (χ2n) is 6.57. The number of thiazole rings is 1. The van der Waals surface area contributed by atoms with Gasteiger partial charge in [-0.15, -0.1) is 11.3 Å². The summed E-state index contributed by atoms with van der Waals surface area (Å²) in [6, 6.07) is 11.3. The van der Waals surface area contributed by atoms with Crippen molar-refractivity contribution < 1.29 is 14.0 Å². The van der Waals surface area contributed by atoms with E-state index in [9.17, 15) is 9.59 Å². The number of fused-ring (bicyclic) bond motifs is 1. The Labute approximate surface area is 160 Å². The van der Waals surface area contributed by atoms with E-state index in [-0.39, 0.29) is 18.2 Å². The van der Waals surface area contributed by atoms with E-state index in [2.05, 4.69) is 21.8 Å². The van der Waals surface area contributed by atoms with Crippen molar-refractivity contribution in [1.29, 1.82) is 0 Å². The largest absolute Gasteiger partial charge is 0.459 e. The van der Waals surface area contributed by atoms with Crippen molar-refractivity contribution in [3.63, 3.8) is 0 Å². The van der Waals surface area contributed by atoms with E-state index >= 15 is 0 Å². The maximum absolute atomic E-state index is 12.2. The quantitative estimate of drug-likeness (QED) is 0.675. The first-order valence-electron chi connectivity index (χ1n) is 8.89. The Morgan fingerprint density at radius 2 is 2.11 bits per heavy atom. The van der Waals surface area contributed by atoms with E-state index in [4.69, 9.17) is 9.40 Å². The number of rotatable bonds is 4. The molecule has 1 aliphatic rings. The summed E-state index contributed by atoms with van der Waals surface area (Å²) in [5.41, 5.74) is 5.84. The highest BCUT2D eigenvalue weighted by molar-refractivity contribution is 7.18. The van der Waals surface area contributed by atoms with E-state index in [0.717, 1.165) is 36.5 Å². The lowest BCUT2D eigenvalue weighted by atomic mass is 9.99. The number of hydrazine groups is 1. The van der Waals surface area contributed by atoms with Gasteiger partial charge in [0, 0.05) is 12.5 Å². The van der Waals surface area contributed by atoms with Gasteiger partial charge in [0.2, 0.25) is 0 Å². The average Bonchev–Trinajstić information content (AvgIpc) is 3.36. The van der Waals surface area contributed by atoms with E-state index < -0.39 is 5.91 Å². The summed E-state index contributed by atoms with van der Waals surface area (Å²) in [5.74, 6) is -0.231. The van der Waals surface area contributed by atoms with Crippen molar-refractivity contribution in [2.45, 2.75) is 18.8 Å². The van der Waals surface area contributed by atoms with Crippen LogP contribution in [0.3, 0.4) is 0 Å². The standard InChI is InChI=1S/C19H20N4O3S/c24-17(21-22-18(25)15-7-4-10-26-15)12-23-9-3-5-13(11-23)19-20-14-6-1-2-8-16(14)27-19/h1-2,4,6-8,10,13H,3,5,9,11-12H2,(H,21,24)(H,22,25)/t13-/m1/s1.